The quantitative estimate of drug-likeness (QED) is 0.236. The molecule has 4 rings (SSSR count). The van der Waals surface area contributed by atoms with Gasteiger partial charge in [-0.1, -0.05) is 40.2 Å². The predicted octanol–water partition coefficient (Wildman–Crippen LogP) is 4.98. The van der Waals surface area contributed by atoms with Crippen molar-refractivity contribution in [3.05, 3.63) is 11.6 Å². The van der Waals surface area contributed by atoms with Crippen LogP contribution in [0.1, 0.15) is 100 Å². The van der Waals surface area contributed by atoms with Crippen LogP contribution in [-0.2, 0) is 28.6 Å². The van der Waals surface area contributed by atoms with Crippen molar-refractivity contribution >= 4 is 17.9 Å². The SMILES string of the molecule is CC(=O)O[C@@H]1[C@@H]2[C@H](OC(C)=O)C=C3[C@H]([C@H](OC(C)=O)C[C@]4(C)[C@@H]([C@H](C)[C@H](O)CCC(C)C)CC[C@@H]34)[C@@]2(C)CC[C@@H]1O. The fourth-order valence-electron chi connectivity index (χ4n) is 9.60. The summed E-state index contributed by atoms with van der Waals surface area (Å²) in [5.74, 6) is -0.874. The molecule has 0 unspecified atom stereocenters. The lowest BCUT2D eigenvalue weighted by molar-refractivity contribution is -0.206. The summed E-state index contributed by atoms with van der Waals surface area (Å²) in [6.45, 7) is 15.1. The van der Waals surface area contributed by atoms with Gasteiger partial charge < -0.3 is 24.4 Å². The molecule has 12 atom stereocenters. The highest BCUT2D eigenvalue weighted by atomic mass is 16.6. The van der Waals surface area contributed by atoms with Gasteiger partial charge in [0.2, 0.25) is 0 Å². The average Bonchev–Trinajstić information content (AvgIpc) is 3.19. The fraction of sp³-hybridized carbons (Fsp3) is 0.848. The number of carbonyl (C=O) groups excluding carboxylic acids is 3. The minimum absolute atomic E-state index is 0.0910. The van der Waals surface area contributed by atoms with Crippen molar-refractivity contribution in [2.45, 2.75) is 131 Å². The molecule has 0 aromatic heterocycles. The Labute approximate surface area is 245 Å². The zero-order chi connectivity index (χ0) is 30.4. The Kier molecular flexibility index (Phi) is 9.35. The van der Waals surface area contributed by atoms with Crippen LogP contribution < -0.4 is 0 Å². The van der Waals surface area contributed by atoms with E-state index in [0.717, 1.165) is 31.3 Å². The molecule has 0 saturated heterocycles. The topological polar surface area (TPSA) is 119 Å². The number of hydrogen-bond donors (Lipinski definition) is 2. The van der Waals surface area contributed by atoms with Crippen LogP contribution in [-0.4, -0.2) is 58.6 Å². The van der Waals surface area contributed by atoms with E-state index in [9.17, 15) is 24.6 Å². The molecule has 0 aromatic rings. The van der Waals surface area contributed by atoms with Gasteiger partial charge in [0.25, 0.3) is 0 Å². The van der Waals surface area contributed by atoms with Gasteiger partial charge in [-0.05, 0) is 85.5 Å². The number of ether oxygens (including phenoxy) is 3. The number of hydrogen-bond acceptors (Lipinski definition) is 8. The molecule has 4 aliphatic carbocycles. The minimum Gasteiger partial charge on any atom is -0.462 e. The average molecular weight is 577 g/mol. The third-order valence-electron chi connectivity index (χ3n) is 11.3. The molecule has 0 amide bonds. The van der Waals surface area contributed by atoms with E-state index in [2.05, 4.69) is 34.6 Å². The first kappa shape index (κ1) is 32.0. The highest BCUT2D eigenvalue weighted by molar-refractivity contribution is 5.67. The van der Waals surface area contributed by atoms with Crippen molar-refractivity contribution in [3.8, 4) is 0 Å². The molecule has 0 aromatic carbocycles. The molecule has 232 valence electrons. The van der Waals surface area contributed by atoms with Gasteiger partial charge in [-0.3, -0.25) is 14.4 Å². The maximum atomic E-state index is 12.5. The molecule has 0 aliphatic heterocycles. The van der Waals surface area contributed by atoms with E-state index in [1.165, 1.54) is 20.8 Å². The van der Waals surface area contributed by atoms with Crippen LogP contribution in [0.15, 0.2) is 11.6 Å². The molecule has 3 fully saturated rings. The molecule has 0 radical (unpaired) electrons. The summed E-state index contributed by atoms with van der Waals surface area (Å²) in [5.41, 5.74) is 0.388. The maximum absolute atomic E-state index is 12.5. The van der Waals surface area contributed by atoms with Gasteiger partial charge in [0.05, 0.1) is 12.2 Å². The molecule has 2 N–H and O–H groups in total. The molecule has 41 heavy (non-hydrogen) atoms. The zero-order valence-electron chi connectivity index (χ0n) is 26.2. The van der Waals surface area contributed by atoms with Crippen molar-refractivity contribution < 1.29 is 38.8 Å². The normalized spacial score (nSPS) is 41.3. The Balaban J connectivity index is 1.80. The monoisotopic (exact) mass is 576 g/mol. The standard InChI is InChI=1S/C33H52O8/c1-17(2)9-12-25(37)18(3)23-10-11-24-22-15-27(39-19(4)34)30-31(41-21(6)36)26(38)13-14-32(30,7)29(22)28(40-20(5)35)16-33(23,24)8/h15,17-18,23-31,37-38H,9-14,16H2,1-8H3/t18-,23+,24-,25+,26-,27+,28+,29+,30-,31-,32+,33+/m0/s1. The molecule has 0 heterocycles. The second-order valence-corrected chi connectivity index (χ2v) is 14.4. The summed E-state index contributed by atoms with van der Waals surface area (Å²) < 4.78 is 17.8. The van der Waals surface area contributed by atoms with E-state index in [1.54, 1.807) is 0 Å². The highest BCUT2D eigenvalue weighted by Gasteiger charge is 2.66. The summed E-state index contributed by atoms with van der Waals surface area (Å²) in [7, 11) is 0. The highest BCUT2D eigenvalue weighted by Crippen LogP contribution is 2.68. The van der Waals surface area contributed by atoms with E-state index in [0.29, 0.717) is 25.2 Å². The molecule has 0 bridgehead atoms. The van der Waals surface area contributed by atoms with Crippen molar-refractivity contribution in [2.24, 2.45) is 46.3 Å². The van der Waals surface area contributed by atoms with Crippen LogP contribution in [0.3, 0.4) is 0 Å². The van der Waals surface area contributed by atoms with E-state index in [-0.39, 0.29) is 35.1 Å². The number of fused-ring (bicyclic) bond motifs is 5. The van der Waals surface area contributed by atoms with Crippen molar-refractivity contribution in [1.29, 1.82) is 0 Å². The van der Waals surface area contributed by atoms with Crippen LogP contribution in [0, 0.1) is 46.3 Å². The Morgan fingerprint density at radius 1 is 0.927 bits per heavy atom. The van der Waals surface area contributed by atoms with Gasteiger partial charge in [0.15, 0.2) is 0 Å². The van der Waals surface area contributed by atoms with E-state index < -0.39 is 53.8 Å². The second kappa shape index (κ2) is 12.0. The van der Waals surface area contributed by atoms with Crippen molar-refractivity contribution in [2.75, 3.05) is 0 Å². The lowest BCUT2D eigenvalue weighted by Crippen LogP contribution is -2.64. The Morgan fingerprint density at radius 3 is 2.15 bits per heavy atom. The van der Waals surface area contributed by atoms with Gasteiger partial charge in [-0.25, -0.2) is 0 Å². The lowest BCUT2D eigenvalue weighted by Gasteiger charge is -2.61. The summed E-state index contributed by atoms with van der Waals surface area (Å²) in [6, 6.07) is 0. The molecule has 8 nitrogen and oxygen atoms in total. The summed E-state index contributed by atoms with van der Waals surface area (Å²) in [4.78, 5) is 37.0. The number of aliphatic hydroxyl groups is 2. The Bertz CT molecular complexity index is 1040. The Hall–Kier alpha value is -1.93. The summed E-state index contributed by atoms with van der Waals surface area (Å²) >= 11 is 0. The van der Waals surface area contributed by atoms with Crippen molar-refractivity contribution in [1.82, 2.24) is 0 Å². The van der Waals surface area contributed by atoms with E-state index in [4.69, 9.17) is 14.2 Å². The third kappa shape index (κ3) is 5.97. The van der Waals surface area contributed by atoms with Crippen LogP contribution in [0.25, 0.3) is 0 Å². The van der Waals surface area contributed by atoms with Gasteiger partial charge >= 0.3 is 17.9 Å². The zero-order valence-corrected chi connectivity index (χ0v) is 26.2. The van der Waals surface area contributed by atoms with Crippen LogP contribution in [0.2, 0.25) is 0 Å². The molecule has 4 aliphatic rings. The Morgan fingerprint density at radius 2 is 1.56 bits per heavy atom. The lowest BCUT2D eigenvalue weighted by atomic mass is 9.45. The maximum Gasteiger partial charge on any atom is 0.303 e. The number of aliphatic hydroxyl groups excluding tert-OH is 2. The van der Waals surface area contributed by atoms with Crippen molar-refractivity contribution in [3.63, 3.8) is 0 Å². The molecule has 8 heteroatoms. The van der Waals surface area contributed by atoms with Gasteiger partial charge in [0.1, 0.15) is 18.3 Å². The second-order valence-electron chi connectivity index (χ2n) is 14.4. The number of esters is 3. The number of carbonyl (C=O) groups is 3. The van der Waals surface area contributed by atoms with Gasteiger partial charge in [0, 0.05) is 32.6 Å². The first-order chi connectivity index (χ1) is 19.1. The van der Waals surface area contributed by atoms with Crippen LogP contribution >= 0.6 is 0 Å². The largest absolute Gasteiger partial charge is 0.462 e. The fourth-order valence-corrected chi connectivity index (χ4v) is 9.60. The minimum atomic E-state index is -0.880. The summed E-state index contributed by atoms with van der Waals surface area (Å²) in [6.07, 6.45) is 4.18. The van der Waals surface area contributed by atoms with E-state index >= 15 is 0 Å². The predicted molar refractivity (Wildman–Crippen MR) is 153 cm³/mol. The third-order valence-corrected chi connectivity index (χ3v) is 11.3. The van der Waals surface area contributed by atoms with E-state index in [1.807, 2.05) is 6.08 Å². The molecular formula is C33H52O8. The molecular weight excluding hydrogens is 524 g/mol. The first-order valence-electron chi connectivity index (χ1n) is 15.7. The van der Waals surface area contributed by atoms with Gasteiger partial charge in [-0.2, -0.15) is 0 Å². The van der Waals surface area contributed by atoms with Gasteiger partial charge in [-0.15, -0.1) is 0 Å². The molecule has 0 spiro atoms. The smallest absolute Gasteiger partial charge is 0.303 e. The van der Waals surface area contributed by atoms with Crippen LogP contribution in [0.5, 0.6) is 0 Å². The van der Waals surface area contributed by atoms with Crippen LogP contribution in [0.4, 0.5) is 0 Å². The number of rotatable bonds is 8. The molecule has 3 saturated carbocycles. The first-order valence-corrected chi connectivity index (χ1v) is 15.7. The summed E-state index contributed by atoms with van der Waals surface area (Å²) in [5, 5.41) is 22.2.